The molecule has 3 rings (SSSR count). The van der Waals surface area contributed by atoms with E-state index in [9.17, 15) is 9.59 Å². The van der Waals surface area contributed by atoms with Crippen LogP contribution in [0.5, 0.6) is 0 Å². The first-order chi connectivity index (χ1) is 10.2. The fraction of sp³-hybridized carbons (Fsp3) is 0.222. The van der Waals surface area contributed by atoms with Gasteiger partial charge in [-0.3, -0.25) is 0 Å². The van der Waals surface area contributed by atoms with Crippen LogP contribution in [0.4, 0.5) is 0 Å². The highest BCUT2D eigenvalue weighted by Gasteiger charge is 2.25. The molecular weight excluding hydrogens is 304 g/mol. The Kier molecular flexibility index (Phi) is 3.53. The first-order valence-electron chi connectivity index (χ1n) is 7.60. The molecule has 0 radical (unpaired) electrons. The predicted octanol–water partition coefficient (Wildman–Crippen LogP) is 2.80. The molecule has 0 heterocycles. The van der Waals surface area contributed by atoms with Crippen LogP contribution in [0.1, 0.15) is 0 Å². The summed E-state index contributed by atoms with van der Waals surface area (Å²) in [7, 11) is -4.75. The van der Waals surface area contributed by atoms with Crippen LogP contribution < -0.4 is 10.4 Å². The molecule has 0 aliphatic carbocycles. The second-order valence-electron chi connectivity index (χ2n) is 6.98. The summed E-state index contributed by atoms with van der Waals surface area (Å²) in [5.41, 5.74) is 0. The molecule has 0 atom stereocenters. The average molecular weight is 327 g/mol. The van der Waals surface area contributed by atoms with Gasteiger partial charge in [-0.1, -0.05) is 48.5 Å². The number of hydrogen-bond acceptors (Lipinski definition) is 2. The zero-order valence-electron chi connectivity index (χ0n) is 13.5. The SMILES string of the molecule is C[Si](C)(O)c1cccc2c1ccc1c([Si](C)(C)O)cccc12. The lowest BCUT2D eigenvalue weighted by molar-refractivity contribution is 0.568. The highest BCUT2D eigenvalue weighted by atomic mass is 28.4. The molecular formula is C18H22O2Si2. The summed E-state index contributed by atoms with van der Waals surface area (Å²) >= 11 is 0. The van der Waals surface area contributed by atoms with E-state index in [1.54, 1.807) is 0 Å². The zero-order valence-corrected chi connectivity index (χ0v) is 15.5. The van der Waals surface area contributed by atoms with E-state index >= 15 is 0 Å². The molecule has 0 aromatic heterocycles. The van der Waals surface area contributed by atoms with E-state index in [0.29, 0.717) is 0 Å². The molecule has 0 aliphatic rings. The van der Waals surface area contributed by atoms with Gasteiger partial charge in [0.25, 0.3) is 0 Å². The Hall–Kier alpha value is -1.47. The summed E-state index contributed by atoms with van der Waals surface area (Å²) in [5, 5.41) is 6.71. The summed E-state index contributed by atoms with van der Waals surface area (Å²) in [4.78, 5) is 21.1. The van der Waals surface area contributed by atoms with Gasteiger partial charge in [0.1, 0.15) is 0 Å². The fourth-order valence-electron chi connectivity index (χ4n) is 3.19. The van der Waals surface area contributed by atoms with Crippen molar-refractivity contribution in [3.05, 3.63) is 48.5 Å². The van der Waals surface area contributed by atoms with Crippen molar-refractivity contribution in [1.29, 1.82) is 0 Å². The second-order valence-corrected chi connectivity index (χ2v) is 14.3. The number of hydrogen-bond donors (Lipinski definition) is 2. The summed E-state index contributed by atoms with van der Waals surface area (Å²) < 4.78 is 0. The Morgan fingerprint density at radius 3 is 1.23 bits per heavy atom. The van der Waals surface area contributed by atoms with Gasteiger partial charge < -0.3 is 9.59 Å². The first kappa shape index (κ1) is 15.4. The molecule has 0 amide bonds. The molecule has 0 aliphatic heterocycles. The maximum Gasteiger partial charge on any atom is 0.214 e. The van der Waals surface area contributed by atoms with Crippen LogP contribution in [0, 0.1) is 0 Å². The van der Waals surface area contributed by atoms with Gasteiger partial charge in [-0.05, 0) is 58.1 Å². The Bertz CT molecular complexity index is 786. The molecule has 0 bridgehead atoms. The molecule has 0 saturated heterocycles. The van der Waals surface area contributed by atoms with Gasteiger partial charge in [0.2, 0.25) is 16.6 Å². The Morgan fingerprint density at radius 2 is 0.909 bits per heavy atom. The van der Waals surface area contributed by atoms with E-state index in [0.717, 1.165) is 31.9 Å². The highest BCUT2D eigenvalue weighted by molar-refractivity contribution is 6.86. The van der Waals surface area contributed by atoms with Crippen molar-refractivity contribution in [2.45, 2.75) is 26.2 Å². The number of benzene rings is 3. The van der Waals surface area contributed by atoms with Crippen LogP contribution in [0.15, 0.2) is 48.5 Å². The topological polar surface area (TPSA) is 40.5 Å². The molecule has 3 aromatic carbocycles. The van der Waals surface area contributed by atoms with Crippen LogP contribution >= 0.6 is 0 Å². The van der Waals surface area contributed by atoms with Crippen molar-refractivity contribution in [3.8, 4) is 0 Å². The summed E-state index contributed by atoms with van der Waals surface area (Å²) in [6.45, 7) is 7.80. The largest absolute Gasteiger partial charge is 0.428 e. The molecule has 0 spiro atoms. The van der Waals surface area contributed by atoms with Gasteiger partial charge in [0, 0.05) is 0 Å². The van der Waals surface area contributed by atoms with Crippen molar-refractivity contribution in [3.63, 3.8) is 0 Å². The molecule has 3 aromatic rings. The van der Waals surface area contributed by atoms with Crippen molar-refractivity contribution < 1.29 is 9.59 Å². The van der Waals surface area contributed by atoms with E-state index in [1.807, 2.05) is 50.5 Å². The number of rotatable bonds is 2. The van der Waals surface area contributed by atoms with Gasteiger partial charge in [-0.25, -0.2) is 0 Å². The number of fused-ring (bicyclic) bond motifs is 3. The standard InChI is InChI=1S/C18H22O2Si2/c1-21(2,19)17-9-5-7-13-14-8-6-10-18(22(3,4)20)16(14)12-11-15(13)17/h5-12,19-20H,1-4H3. The van der Waals surface area contributed by atoms with Gasteiger partial charge in [-0.15, -0.1) is 0 Å². The molecule has 4 heteroatoms. The Morgan fingerprint density at radius 1 is 0.545 bits per heavy atom. The zero-order chi connectivity index (χ0) is 16.1. The van der Waals surface area contributed by atoms with Crippen LogP contribution in [-0.2, 0) is 0 Å². The van der Waals surface area contributed by atoms with Crippen molar-refractivity contribution in [2.24, 2.45) is 0 Å². The van der Waals surface area contributed by atoms with Gasteiger partial charge in [0.05, 0.1) is 0 Å². The quantitative estimate of drug-likeness (QED) is 0.561. The fourth-order valence-corrected chi connectivity index (χ4v) is 5.96. The van der Waals surface area contributed by atoms with Crippen molar-refractivity contribution >= 4 is 48.6 Å². The molecule has 2 nitrogen and oxygen atoms in total. The maximum atomic E-state index is 10.5. The summed E-state index contributed by atoms with van der Waals surface area (Å²) in [6, 6.07) is 16.5. The minimum Gasteiger partial charge on any atom is -0.428 e. The first-order valence-corrected chi connectivity index (χ1v) is 13.5. The smallest absolute Gasteiger partial charge is 0.214 e. The third-order valence-corrected chi connectivity index (χ3v) is 7.75. The predicted molar refractivity (Wildman–Crippen MR) is 100 cm³/mol. The lowest BCUT2D eigenvalue weighted by Gasteiger charge is -2.20. The normalized spacial score (nSPS) is 13.0. The minimum atomic E-state index is -2.38. The van der Waals surface area contributed by atoms with Crippen LogP contribution in [-0.4, -0.2) is 26.2 Å². The lowest BCUT2D eigenvalue weighted by atomic mass is 10.0. The Balaban J connectivity index is 2.44. The van der Waals surface area contributed by atoms with E-state index in [1.165, 1.54) is 0 Å². The van der Waals surface area contributed by atoms with Crippen molar-refractivity contribution in [2.75, 3.05) is 0 Å². The van der Waals surface area contributed by atoms with Gasteiger partial charge >= 0.3 is 0 Å². The average Bonchev–Trinajstić information content (AvgIpc) is 2.43. The monoisotopic (exact) mass is 326 g/mol. The molecule has 0 saturated carbocycles. The van der Waals surface area contributed by atoms with Gasteiger partial charge in [-0.2, -0.15) is 0 Å². The van der Waals surface area contributed by atoms with E-state index in [-0.39, 0.29) is 0 Å². The van der Waals surface area contributed by atoms with E-state index in [2.05, 4.69) is 24.3 Å². The van der Waals surface area contributed by atoms with Crippen molar-refractivity contribution in [1.82, 2.24) is 0 Å². The molecule has 0 unspecified atom stereocenters. The van der Waals surface area contributed by atoms with Gasteiger partial charge in [0.15, 0.2) is 0 Å². The lowest BCUT2D eigenvalue weighted by Crippen LogP contribution is -2.42. The van der Waals surface area contributed by atoms with E-state index in [4.69, 9.17) is 0 Å². The summed E-state index contributed by atoms with van der Waals surface area (Å²) in [5.74, 6) is 0. The van der Waals surface area contributed by atoms with Crippen LogP contribution in [0.25, 0.3) is 21.5 Å². The second kappa shape index (κ2) is 5.03. The molecule has 114 valence electrons. The minimum absolute atomic E-state index is 1.07. The Labute approximate surface area is 133 Å². The molecule has 22 heavy (non-hydrogen) atoms. The van der Waals surface area contributed by atoms with Crippen LogP contribution in [0.3, 0.4) is 0 Å². The highest BCUT2D eigenvalue weighted by Crippen LogP contribution is 2.25. The third kappa shape index (κ3) is 2.52. The molecule has 2 N–H and O–H groups in total. The van der Waals surface area contributed by atoms with E-state index < -0.39 is 16.6 Å². The maximum absolute atomic E-state index is 10.5. The van der Waals surface area contributed by atoms with Crippen LogP contribution in [0.2, 0.25) is 26.2 Å². The third-order valence-electron chi connectivity index (χ3n) is 4.24. The summed E-state index contributed by atoms with van der Waals surface area (Å²) in [6.07, 6.45) is 0. The molecule has 0 fully saturated rings.